The lowest BCUT2D eigenvalue weighted by Crippen LogP contribution is -2.46. The Morgan fingerprint density at radius 2 is 2.20 bits per heavy atom. The minimum Gasteiger partial charge on any atom is -0.480 e. The molecule has 20 heavy (non-hydrogen) atoms. The normalized spacial score (nSPS) is 16.3. The number of carboxylic acid groups (broad SMARTS) is 1. The SMILES string of the molecule is CCC(C)C(NC(=O)Nc1nc2c(s1)CCC2)C(=O)O. The molecule has 3 N–H and O–H groups in total. The molecule has 7 heteroatoms. The van der Waals surface area contributed by atoms with Crippen LogP contribution < -0.4 is 10.6 Å². The van der Waals surface area contributed by atoms with E-state index in [0.717, 1.165) is 25.0 Å². The van der Waals surface area contributed by atoms with Gasteiger partial charge in [-0.05, 0) is 25.2 Å². The van der Waals surface area contributed by atoms with E-state index in [-0.39, 0.29) is 5.92 Å². The first-order valence-electron chi connectivity index (χ1n) is 6.80. The van der Waals surface area contributed by atoms with E-state index in [1.807, 2.05) is 6.92 Å². The summed E-state index contributed by atoms with van der Waals surface area (Å²) in [5.74, 6) is -1.14. The van der Waals surface area contributed by atoms with Gasteiger partial charge >= 0.3 is 12.0 Å². The van der Waals surface area contributed by atoms with Crippen LogP contribution in [-0.2, 0) is 17.6 Å². The first-order valence-corrected chi connectivity index (χ1v) is 7.61. The van der Waals surface area contributed by atoms with Gasteiger partial charge in [0, 0.05) is 4.88 Å². The lowest BCUT2D eigenvalue weighted by molar-refractivity contribution is -0.140. The third-order valence-corrected chi connectivity index (χ3v) is 4.65. The lowest BCUT2D eigenvalue weighted by atomic mass is 10.00. The zero-order chi connectivity index (χ0) is 14.7. The number of carbonyl (C=O) groups is 2. The van der Waals surface area contributed by atoms with Gasteiger partial charge in [-0.15, -0.1) is 11.3 Å². The van der Waals surface area contributed by atoms with E-state index in [9.17, 15) is 9.59 Å². The van der Waals surface area contributed by atoms with Crippen molar-refractivity contribution < 1.29 is 14.7 Å². The molecule has 1 aromatic rings. The molecule has 1 aliphatic rings. The molecule has 0 bridgehead atoms. The Kier molecular flexibility index (Phi) is 4.59. The Labute approximate surface area is 121 Å². The van der Waals surface area contributed by atoms with Gasteiger partial charge in [0.15, 0.2) is 5.13 Å². The summed E-state index contributed by atoms with van der Waals surface area (Å²) in [5, 5.41) is 14.8. The molecule has 0 radical (unpaired) electrons. The van der Waals surface area contributed by atoms with Crippen LogP contribution in [0.15, 0.2) is 0 Å². The zero-order valence-corrected chi connectivity index (χ0v) is 12.4. The third kappa shape index (κ3) is 3.27. The van der Waals surface area contributed by atoms with Gasteiger partial charge in [0.1, 0.15) is 6.04 Å². The Morgan fingerprint density at radius 1 is 1.45 bits per heavy atom. The fourth-order valence-corrected chi connectivity index (χ4v) is 3.25. The van der Waals surface area contributed by atoms with Gasteiger partial charge in [0.2, 0.25) is 0 Å². The van der Waals surface area contributed by atoms with Crippen LogP contribution in [0.25, 0.3) is 0 Å². The van der Waals surface area contributed by atoms with Gasteiger partial charge in [-0.2, -0.15) is 0 Å². The second kappa shape index (κ2) is 6.21. The van der Waals surface area contributed by atoms with Gasteiger partial charge < -0.3 is 10.4 Å². The monoisotopic (exact) mass is 297 g/mol. The van der Waals surface area contributed by atoms with Gasteiger partial charge in [-0.3, -0.25) is 5.32 Å². The average Bonchev–Trinajstić information content (AvgIpc) is 2.95. The number of thiazole rings is 1. The minimum atomic E-state index is -1.02. The summed E-state index contributed by atoms with van der Waals surface area (Å²) in [6, 6.07) is -1.39. The number of rotatable bonds is 5. The summed E-state index contributed by atoms with van der Waals surface area (Å²) in [6.07, 6.45) is 3.78. The van der Waals surface area contributed by atoms with Crippen molar-refractivity contribution in [3.8, 4) is 0 Å². The number of nitrogens with zero attached hydrogens (tertiary/aromatic N) is 1. The van der Waals surface area contributed by atoms with E-state index in [4.69, 9.17) is 5.11 Å². The molecule has 0 aromatic carbocycles. The molecule has 6 nitrogen and oxygen atoms in total. The molecular weight excluding hydrogens is 278 g/mol. The highest BCUT2D eigenvalue weighted by molar-refractivity contribution is 7.15. The van der Waals surface area contributed by atoms with E-state index < -0.39 is 18.0 Å². The molecule has 0 aliphatic heterocycles. The fourth-order valence-electron chi connectivity index (χ4n) is 2.20. The largest absolute Gasteiger partial charge is 0.480 e. The van der Waals surface area contributed by atoms with Gasteiger partial charge in [-0.25, -0.2) is 14.6 Å². The fraction of sp³-hybridized carbons (Fsp3) is 0.615. The molecule has 2 rings (SSSR count). The number of aliphatic carboxylic acids is 1. The van der Waals surface area contributed by atoms with Gasteiger partial charge in [0.25, 0.3) is 0 Å². The second-order valence-electron chi connectivity index (χ2n) is 5.04. The van der Waals surface area contributed by atoms with Crippen molar-refractivity contribution in [2.24, 2.45) is 5.92 Å². The molecule has 110 valence electrons. The summed E-state index contributed by atoms with van der Waals surface area (Å²) in [4.78, 5) is 28.6. The molecule has 2 unspecified atom stereocenters. The Bertz CT molecular complexity index is 493. The maximum absolute atomic E-state index is 11.9. The van der Waals surface area contributed by atoms with E-state index in [0.29, 0.717) is 11.6 Å². The summed E-state index contributed by atoms with van der Waals surface area (Å²) < 4.78 is 0. The van der Waals surface area contributed by atoms with Crippen LogP contribution in [0.2, 0.25) is 0 Å². The summed E-state index contributed by atoms with van der Waals surface area (Å²) in [6.45, 7) is 3.70. The second-order valence-corrected chi connectivity index (χ2v) is 6.13. The van der Waals surface area contributed by atoms with Crippen LogP contribution in [0.4, 0.5) is 9.93 Å². The Morgan fingerprint density at radius 3 is 2.80 bits per heavy atom. The Hall–Kier alpha value is -1.63. The molecule has 1 aliphatic carbocycles. The highest BCUT2D eigenvalue weighted by Gasteiger charge is 2.26. The number of anilines is 1. The number of amides is 2. The third-order valence-electron chi connectivity index (χ3n) is 3.58. The average molecular weight is 297 g/mol. The van der Waals surface area contributed by atoms with Crippen LogP contribution in [0.1, 0.15) is 37.3 Å². The highest BCUT2D eigenvalue weighted by atomic mass is 32.1. The van der Waals surface area contributed by atoms with Crippen molar-refractivity contribution in [1.29, 1.82) is 0 Å². The van der Waals surface area contributed by atoms with Crippen LogP contribution >= 0.6 is 11.3 Å². The standard InChI is InChI=1S/C13H19N3O3S/c1-3-7(2)10(11(17)18)15-12(19)16-13-14-8-5-4-6-9(8)20-13/h7,10H,3-6H2,1-2H3,(H,17,18)(H2,14,15,16,19). The van der Waals surface area contributed by atoms with Crippen LogP contribution in [0, 0.1) is 5.92 Å². The number of carbonyl (C=O) groups excluding carboxylic acids is 1. The van der Waals surface area contributed by atoms with Gasteiger partial charge in [-0.1, -0.05) is 20.3 Å². The van der Waals surface area contributed by atoms with E-state index in [1.54, 1.807) is 6.92 Å². The van der Waals surface area contributed by atoms with Crippen LogP contribution in [-0.4, -0.2) is 28.1 Å². The number of nitrogens with one attached hydrogen (secondary N) is 2. The van der Waals surface area contributed by atoms with Crippen molar-refractivity contribution >= 4 is 28.5 Å². The maximum atomic E-state index is 11.9. The number of fused-ring (bicyclic) bond motifs is 1. The molecule has 0 spiro atoms. The molecule has 0 saturated heterocycles. The Balaban J connectivity index is 1.95. The smallest absolute Gasteiger partial charge is 0.326 e. The minimum absolute atomic E-state index is 0.125. The van der Waals surface area contributed by atoms with Crippen molar-refractivity contribution in [1.82, 2.24) is 10.3 Å². The first-order chi connectivity index (χ1) is 9.51. The van der Waals surface area contributed by atoms with Crippen molar-refractivity contribution in [3.63, 3.8) is 0 Å². The molecule has 1 heterocycles. The molecular formula is C13H19N3O3S. The van der Waals surface area contributed by atoms with Crippen molar-refractivity contribution in [3.05, 3.63) is 10.6 Å². The van der Waals surface area contributed by atoms with E-state index in [2.05, 4.69) is 15.6 Å². The van der Waals surface area contributed by atoms with Crippen LogP contribution in [0.3, 0.4) is 0 Å². The number of aromatic nitrogens is 1. The lowest BCUT2D eigenvalue weighted by Gasteiger charge is -2.19. The topological polar surface area (TPSA) is 91.3 Å². The number of hydrogen-bond acceptors (Lipinski definition) is 4. The predicted molar refractivity (Wildman–Crippen MR) is 77.2 cm³/mol. The molecule has 0 saturated carbocycles. The molecule has 2 amide bonds. The van der Waals surface area contributed by atoms with E-state index in [1.165, 1.54) is 16.2 Å². The molecule has 2 atom stereocenters. The van der Waals surface area contributed by atoms with E-state index >= 15 is 0 Å². The number of carboxylic acids is 1. The zero-order valence-electron chi connectivity index (χ0n) is 11.6. The summed E-state index contributed by atoms with van der Waals surface area (Å²) >= 11 is 1.47. The highest BCUT2D eigenvalue weighted by Crippen LogP contribution is 2.30. The number of aryl methyl sites for hydroxylation is 2. The number of hydrogen-bond donors (Lipinski definition) is 3. The maximum Gasteiger partial charge on any atom is 0.326 e. The first kappa shape index (κ1) is 14.8. The van der Waals surface area contributed by atoms with Crippen LogP contribution in [0.5, 0.6) is 0 Å². The molecule has 1 aromatic heterocycles. The predicted octanol–water partition coefficient (Wildman–Crippen LogP) is 2.25. The van der Waals surface area contributed by atoms with Gasteiger partial charge in [0.05, 0.1) is 5.69 Å². The molecule has 0 fully saturated rings. The summed E-state index contributed by atoms with van der Waals surface area (Å²) in [7, 11) is 0. The van der Waals surface area contributed by atoms with Crippen molar-refractivity contribution in [2.45, 2.75) is 45.6 Å². The van der Waals surface area contributed by atoms with Crippen molar-refractivity contribution in [2.75, 3.05) is 5.32 Å². The number of urea groups is 1. The quantitative estimate of drug-likeness (QED) is 0.777. The summed E-state index contributed by atoms with van der Waals surface area (Å²) in [5.41, 5.74) is 1.06.